The van der Waals surface area contributed by atoms with Crippen LogP contribution in [0, 0.1) is 0 Å². The van der Waals surface area contributed by atoms with Crippen molar-refractivity contribution >= 4 is 24.0 Å². The van der Waals surface area contributed by atoms with Gasteiger partial charge in [-0.2, -0.15) is 0 Å². The molecule has 0 aromatic heterocycles. The second-order valence-electron chi connectivity index (χ2n) is 12.8. The SMILES string of the molecule is CO[C@H]1O[C@H](COC(C)=O)[C@@H](O[C@@H]2O[C@@H](C(=O)O)[C@@H](O)[C@H](OCc3ccccc3)[C@H]2OC(C)=O)[C@H](OCc2ccccc2)[C@H]1NC(=O)OCc1ccccc1. The number of rotatable bonds is 16. The number of carboxylic acids is 1. The van der Waals surface area contributed by atoms with Gasteiger partial charge in [0.05, 0.1) is 13.2 Å². The first-order chi connectivity index (χ1) is 26.5. The molecule has 0 aliphatic carbocycles. The van der Waals surface area contributed by atoms with Crippen molar-refractivity contribution in [3.63, 3.8) is 0 Å². The Kier molecular flexibility index (Phi) is 15.1. The molecule has 0 radical (unpaired) electrons. The number of alkyl carbamates (subject to hydrolysis) is 1. The Morgan fingerprint density at radius 3 is 1.73 bits per heavy atom. The van der Waals surface area contributed by atoms with Crippen LogP contribution in [0.4, 0.5) is 4.79 Å². The van der Waals surface area contributed by atoms with E-state index in [-0.39, 0.29) is 19.8 Å². The lowest BCUT2D eigenvalue weighted by molar-refractivity contribution is -0.350. The van der Waals surface area contributed by atoms with Crippen molar-refractivity contribution in [2.45, 2.75) is 95.0 Å². The van der Waals surface area contributed by atoms with E-state index in [9.17, 15) is 29.4 Å². The third-order valence-corrected chi connectivity index (χ3v) is 8.75. The molecule has 2 saturated heterocycles. The number of carbonyl (C=O) groups excluding carboxylic acids is 3. The van der Waals surface area contributed by atoms with Crippen LogP contribution < -0.4 is 5.32 Å². The fraction of sp³-hybridized carbons (Fsp3) is 0.436. The van der Waals surface area contributed by atoms with Gasteiger partial charge in [0.2, 0.25) is 0 Å². The zero-order chi connectivity index (χ0) is 39.3. The van der Waals surface area contributed by atoms with Gasteiger partial charge >= 0.3 is 24.0 Å². The smallest absolute Gasteiger partial charge is 0.407 e. The van der Waals surface area contributed by atoms with Gasteiger partial charge in [0, 0.05) is 21.0 Å². The summed E-state index contributed by atoms with van der Waals surface area (Å²) in [4.78, 5) is 50.3. The summed E-state index contributed by atoms with van der Waals surface area (Å²) in [6.45, 7) is 1.70. The molecule has 296 valence electrons. The Balaban J connectivity index is 1.51. The maximum absolute atomic E-state index is 13.3. The van der Waals surface area contributed by atoms with Crippen molar-refractivity contribution in [1.82, 2.24) is 5.32 Å². The molecule has 1 amide bonds. The first-order valence-corrected chi connectivity index (χ1v) is 17.5. The van der Waals surface area contributed by atoms with Gasteiger partial charge in [-0.1, -0.05) is 91.0 Å². The number of aliphatic hydroxyl groups excluding tert-OH is 1. The predicted molar refractivity (Wildman–Crippen MR) is 189 cm³/mol. The van der Waals surface area contributed by atoms with Gasteiger partial charge in [0.15, 0.2) is 24.8 Å². The zero-order valence-corrected chi connectivity index (χ0v) is 30.5. The van der Waals surface area contributed by atoms with Gasteiger partial charge in [-0.05, 0) is 16.7 Å². The number of hydrogen-bond acceptors (Lipinski definition) is 14. The van der Waals surface area contributed by atoms with Crippen molar-refractivity contribution in [2.24, 2.45) is 0 Å². The number of amides is 1. The minimum Gasteiger partial charge on any atom is -0.479 e. The summed E-state index contributed by atoms with van der Waals surface area (Å²) in [5.41, 5.74) is 2.15. The average molecular weight is 768 g/mol. The van der Waals surface area contributed by atoms with E-state index in [2.05, 4.69) is 5.32 Å². The molecule has 5 rings (SSSR count). The van der Waals surface area contributed by atoms with Crippen molar-refractivity contribution < 1.29 is 72.0 Å². The van der Waals surface area contributed by atoms with E-state index in [1.54, 1.807) is 66.7 Å². The molecule has 2 aliphatic rings. The highest BCUT2D eigenvalue weighted by atomic mass is 16.8. The van der Waals surface area contributed by atoms with E-state index < -0.39 is 92.0 Å². The highest BCUT2D eigenvalue weighted by Crippen LogP contribution is 2.34. The third-order valence-electron chi connectivity index (χ3n) is 8.75. The van der Waals surface area contributed by atoms with Crippen molar-refractivity contribution in [1.29, 1.82) is 0 Å². The monoisotopic (exact) mass is 767 g/mol. The lowest BCUT2D eigenvalue weighted by Gasteiger charge is -2.48. The van der Waals surface area contributed by atoms with E-state index in [0.717, 1.165) is 18.1 Å². The first-order valence-electron chi connectivity index (χ1n) is 17.5. The largest absolute Gasteiger partial charge is 0.479 e. The van der Waals surface area contributed by atoms with Crippen LogP contribution in [0.15, 0.2) is 91.0 Å². The molecule has 2 heterocycles. The number of aliphatic hydroxyl groups is 1. The van der Waals surface area contributed by atoms with E-state index in [0.29, 0.717) is 5.56 Å². The Morgan fingerprint density at radius 1 is 0.673 bits per heavy atom. The minimum absolute atomic E-state index is 0.0303. The summed E-state index contributed by atoms with van der Waals surface area (Å²) in [5, 5.41) is 24.1. The molecule has 55 heavy (non-hydrogen) atoms. The number of ether oxygens (including phenoxy) is 9. The van der Waals surface area contributed by atoms with Gasteiger partial charge in [-0.25, -0.2) is 9.59 Å². The molecular weight excluding hydrogens is 722 g/mol. The molecule has 2 fully saturated rings. The van der Waals surface area contributed by atoms with Crippen LogP contribution in [-0.4, -0.2) is 109 Å². The molecule has 3 N–H and O–H groups in total. The Morgan fingerprint density at radius 2 is 1.22 bits per heavy atom. The Bertz CT molecular complexity index is 1680. The summed E-state index contributed by atoms with van der Waals surface area (Å²) < 4.78 is 53.1. The molecule has 16 nitrogen and oxygen atoms in total. The Labute approximate surface area is 317 Å². The highest BCUT2D eigenvalue weighted by Gasteiger charge is 2.56. The van der Waals surface area contributed by atoms with E-state index in [1.165, 1.54) is 14.0 Å². The predicted octanol–water partition coefficient (Wildman–Crippen LogP) is 2.87. The van der Waals surface area contributed by atoms with Crippen LogP contribution in [-0.2, 0) is 76.8 Å². The van der Waals surface area contributed by atoms with Crippen molar-refractivity contribution in [3.05, 3.63) is 108 Å². The number of carboxylic acid groups (broad SMARTS) is 1. The van der Waals surface area contributed by atoms with Gasteiger partial charge in [-0.3, -0.25) is 9.59 Å². The van der Waals surface area contributed by atoms with E-state index >= 15 is 0 Å². The van der Waals surface area contributed by atoms with Gasteiger partial charge < -0.3 is 58.2 Å². The van der Waals surface area contributed by atoms with Gasteiger partial charge in [0.25, 0.3) is 0 Å². The van der Waals surface area contributed by atoms with Crippen molar-refractivity contribution in [2.75, 3.05) is 13.7 Å². The van der Waals surface area contributed by atoms with Crippen LogP contribution in [0.3, 0.4) is 0 Å². The van der Waals surface area contributed by atoms with Crippen LogP contribution in [0.25, 0.3) is 0 Å². The van der Waals surface area contributed by atoms with Gasteiger partial charge in [-0.15, -0.1) is 0 Å². The minimum atomic E-state index is -1.91. The fourth-order valence-corrected chi connectivity index (χ4v) is 6.19. The summed E-state index contributed by atoms with van der Waals surface area (Å²) in [6.07, 6.45) is -14.4. The van der Waals surface area contributed by atoms with E-state index in [4.69, 9.17) is 42.6 Å². The van der Waals surface area contributed by atoms with Crippen LogP contribution in [0.1, 0.15) is 30.5 Å². The molecule has 0 unspecified atom stereocenters. The molecule has 0 saturated carbocycles. The second kappa shape index (κ2) is 20.1. The highest BCUT2D eigenvalue weighted by molar-refractivity contribution is 5.73. The molecule has 3 aromatic carbocycles. The van der Waals surface area contributed by atoms with Crippen LogP contribution in [0.2, 0.25) is 0 Å². The van der Waals surface area contributed by atoms with Crippen LogP contribution in [0.5, 0.6) is 0 Å². The standard InChI is InChI=1S/C39H45NO15/c1-23(41)48-22-28-31(54-38-35(52-24(2)42)33(30(43)34(55-38)36(44)45)50-20-26-15-9-5-10-16-26)32(49-19-25-13-7-4-8-14-25)29(37(47-3)53-28)40-39(46)51-21-27-17-11-6-12-18-27/h4-18,28-35,37-38,43H,19-22H2,1-3H3,(H,40,46)(H,44,45)/t28-,29-,30+,31-,32-,33+,34-,35-,37+,38-/m1/s1. The molecule has 0 bridgehead atoms. The maximum Gasteiger partial charge on any atom is 0.407 e. The number of benzene rings is 3. The lowest BCUT2D eigenvalue weighted by atomic mass is 9.95. The summed E-state index contributed by atoms with van der Waals surface area (Å²) in [6, 6.07) is 25.7. The van der Waals surface area contributed by atoms with Crippen LogP contribution >= 0.6 is 0 Å². The number of esters is 2. The molecular formula is C39H45NO15. The number of aliphatic carboxylic acids is 1. The fourth-order valence-electron chi connectivity index (χ4n) is 6.19. The topological polar surface area (TPSA) is 204 Å². The van der Waals surface area contributed by atoms with Gasteiger partial charge in [0.1, 0.15) is 49.8 Å². The summed E-state index contributed by atoms with van der Waals surface area (Å²) in [7, 11) is 1.33. The lowest BCUT2D eigenvalue weighted by Crippen LogP contribution is -2.68. The molecule has 16 heteroatoms. The summed E-state index contributed by atoms with van der Waals surface area (Å²) in [5.74, 6) is -3.02. The molecule has 3 aromatic rings. The summed E-state index contributed by atoms with van der Waals surface area (Å²) >= 11 is 0. The first kappa shape index (κ1) is 41.2. The third kappa shape index (κ3) is 11.5. The zero-order valence-electron chi connectivity index (χ0n) is 30.5. The number of hydrogen-bond donors (Lipinski definition) is 3. The molecule has 10 atom stereocenters. The normalized spacial score (nSPS) is 27.7. The molecule has 2 aliphatic heterocycles. The van der Waals surface area contributed by atoms with Crippen molar-refractivity contribution in [3.8, 4) is 0 Å². The molecule has 0 spiro atoms. The Hall–Kier alpha value is -4.94. The van der Waals surface area contributed by atoms with E-state index in [1.807, 2.05) is 24.3 Å². The number of carbonyl (C=O) groups is 4. The quantitative estimate of drug-likeness (QED) is 0.142. The maximum atomic E-state index is 13.3. The number of nitrogens with one attached hydrogen (secondary N) is 1. The average Bonchev–Trinajstić information content (AvgIpc) is 3.18. The second-order valence-corrected chi connectivity index (χ2v) is 12.8. The number of methoxy groups -OCH3 is 1.